The predicted octanol–water partition coefficient (Wildman–Crippen LogP) is 0.575. The Kier molecular flexibility index (Phi) is 2.82. The van der Waals surface area contributed by atoms with Gasteiger partial charge in [0.2, 0.25) is 0 Å². The Bertz CT molecular complexity index is 742. The van der Waals surface area contributed by atoms with Gasteiger partial charge in [0.15, 0.2) is 5.54 Å². The number of hydrogen-bond acceptors (Lipinski definition) is 6. The molecule has 1 saturated heterocycles. The average molecular weight is 334 g/mol. The Labute approximate surface area is 123 Å². The van der Waals surface area contributed by atoms with Gasteiger partial charge in [-0.1, -0.05) is 0 Å². The van der Waals surface area contributed by atoms with Crippen LogP contribution in [0.2, 0.25) is 0 Å². The molecule has 3 heterocycles. The molecule has 11 heteroatoms. The maximum atomic E-state index is 12.2. The average Bonchev–Trinajstić information content (AvgIpc) is 2.93. The van der Waals surface area contributed by atoms with E-state index in [1.165, 1.54) is 6.92 Å². The smallest absolute Gasteiger partial charge is 0.418 e. The lowest BCUT2D eigenvalue weighted by atomic mass is 9.89. The van der Waals surface area contributed by atoms with E-state index in [-0.39, 0.29) is 6.54 Å². The molecule has 0 spiro atoms. The van der Waals surface area contributed by atoms with Crippen LogP contribution in [0.25, 0.3) is 0 Å². The minimum absolute atomic E-state index is 0.0408. The first kappa shape index (κ1) is 14.3. The van der Waals surface area contributed by atoms with E-state index in [1.54, 1.807) is 11.4 Å². The molecule has 2 N–H and O–H groups in total. The summed E-state index contributed by atoms with van der Waals surface area (Å²) in [6, 6.07) is -0.0960. The first-order valence-electron chi connectivity index (χ1n) is 5.75. The highest BCUT2D eigenvalue weighted by molar-refractivity contribution is 7.80. The molecular weight excluding hydrogens is 324 g/mol. The van der Waals surface area contributed by atoms with Gasteiger partial charge in [0.25, 0.3) is 0 Å². The van der Waals surface area contributed by atoms with Crippen molar-refractivity contribution in [1.82, 2.24) is 9.96 Å². The van der Waals surface area contributed by atoms with Crippen molar-refractivity contribution in [2.24, 2.45) is 0 Å². The fraction of sp³-hybridized carbons (Fsp3) is 0.400. The monoisotopic (exact) mass is 334 g/mol. The number of hydrogen-bond donors (Lipinski definition) is 2. The van der Waals surface area contributed by atoms with Gasteiger partial charge in [0, 0.05) is 4.88 Å². The molecule has 2 bridgehead atoms. The van der Waals surface area contributed by atoms with Crippen LogP contribution in [0.15, 0.2) is 11.4 Å². The molecule has 1 aromatic heterocycles. The van der Waals surface area contributed by atoms with Gasteiger partial charge in [-0.2, -0.15) is 13.5 Å². The molecule has 21 heavy (non-hydrogen) atoms. The number of urea groups is 1. The summed E-state index contributed by atoms with van der Waals surface area (Å²) in [5, 5.41) is 11.7. The highest BCUT2D eigenvalue weighted by Crippen LogP contribution is 2.49. The van der Waals surface area contributed by atoms with Crippen LogP contribution in [-0.4, -0.2) is 46.6 Å². The zero-order valence-electron chi connectivity index (χ0n) is 10.6. The number of amides is 2. The van der Waals surface area contributed by atoms with E-state index >= 15 is 0 Å². The molecule has 2 aliphatic heterocycles. The predicted molar refractivity (Wildman–Crippen MR) is 68.6 cm³/mol. The molecule has 2 atom stereocenters. The van der Waals surface area contributed by atoms with Crippen LogP contribution in [0, 0.1) is 0 Å². The fourth-order valence-electron chi connectivity index (χ4n) is 2.67. The Morgan fingerprint density at radius 3 is 2.81 bits per heavy atom. The van der Waals surface area contributed by atoms with Crippen molar-refractivity contribution >= 4 is 33.7 Å². The normalized spacial score (nSPS) is 27.9. The van der Waals surface area contributed by atoms with Gasteiger partial charge in [-0.25, -0.2) is 9.59 Å². The van der Waals surface area contributed by atoms with E-state index in [9.17, 15) is 23.1 Å². The van der Waals surface area contributed by atoms with E-state index in [1.807, 2.05) is 0 Å². The van der Waals surface area contributed by atoms with Crippen molar-refractivity contribution in [3.05, 3.63) is 21.9 Å². The Hall–Kier alpha value is -1.69. The molecule has 2 aliphatic rings. The molecule has 0 radical (unpaired) electrons. The molecule has 2 amide bonds. The number of hydroxylamine groups is 2. The Balaban J connectivity index is 2.15. The summed E-state index contributed by atoms with van der Waals surface area (Å²) >= 11 is 1.16. The van der Waals surface area contributed by atoms with Crippen LogP contribution in [0.4, 0.5) is 4.79 Å². The molecule has 3 rings (SSSR count). The fourth-order valence-corrected chi connectivity index (χ4v) is 4.16. The zero-order valence-corrected chi connectivity index (χ0v) is 12.2. The van der Waals surface area contributed by atoms with Gasteiger partial charge >= 0.3 is 22.4 Å². The van der Waals surface area contributed by atoms with Crippen molar-refractivity contribution in [3.8, 4) is 0 Å². The standard InChI is InChI=1S/C10H10N2O7S2/c1-10(8(13)14)7-5(2-3-20-7)6-4-11(10)9(15)12(6)19-21(16,17)18/h2-3,6H,4H2,1H3,(H,13,14)(H,16,17,18). The van der Waals surface area contributed by atoms with Crippen LogP contribution >= 0.6 is 11.3 Å². The first-order chi connectivity index (χ1) is 9.66. The molecule has 9 nitrogen and oxygen atoms in total. The van der Waals surface area contributed by atoms with Crippen molar-refractivity contribution < 1.29 is 31.9 Å². The van der Waals surface area contributed by atoms with Crippen LogP contribution in [0.5, 0.6) is 0 Å². The molecule has 1 aromatic rings. The number of rotatable bonds is 3. The van der Waals surface area contributed by atoms with Gasteiger partial charge < -0.3 is 5.11 Å². The lowest BCUT2D eigenvalue weighted by Gasteiger charge is -2.36. The number of carboxylic acids is 1. The number of carbonyl (C=O) groups is 2. The maximum absolute atomic E-state index is 12.2. The minimum atomic E-state index is -4.89. The van der Waals surface area contributed by atoms with Crippen molar-refractivity contribution in [2.45, 2.75) is 18.5 Å². The van der Waals surface area contributed by atoms with Gasteiger partial charge in [-0.3, -0.25) is 9.45 Å². The highest BCUT2D eigenvalue weighted by Gasteiger charge is 2.59. The highest BCUT2D eigenvalue weighted by atomic mass is 32.3. The Morgan fingerprint density at radius 1 is 1.57 bits per heavy atom. The molecule has 1 fully saturated rings. The number of fused-ring (bicyclic) bond motifs is 4. The van der Waals surface area contributed by atoms with Crippen LogP contribution in [0.3, 0.4) is 0 Å². The zero-order chi connectivity index (χ0) is 15.6. The van der Waals surface area contributed by atoms with E-state index in [0.29, 0.717) is 15.5 Å². The number of thiophene rings is 1. The molecule has 2 unspecified atom stereocenters. The Morgan fingerprint density at radius 2 is 2.24 bits per heavy atom. The summed E-state index contributed by atoms with van der Waals surface area (Å²) in [4.78, 5) is 25.3. The summed E-state index contributed by atoms with van der Waals surface area (Å²) in [7, 11) is -4.89. The second-order valence-corrected chi connectivity index (χ2v) is 6.74. The third-order valence-electron chi connectivity index (χ3n) is 3.69. The largest absolute Gasteiger partial charge is 0.479 e. The third kappa shape index (κ3) is 1.85. The van der Waals surface area contributed by atoms with Crippen LogP contribution in [-0.2, 0) is 25.0 Å². The molecule has 114 valence electrons. The first-order valence-corrected chi connectivity index (χ1v) is 8.00. The van der Waals surface area contributed by atoms with E-state index in [4.69, 9.17) is 4.55 Å². The second-order valence-electron chi connectivity index (χ2n) is 4.82. The van der Waals surface area contributed by atoms with Crippen molar-refractivity contribution in [2.75, 3.05) is 6.54 Å². The molecule has 0 aliphatic carbocycles. The number of nitrogens with zero attached hydrogens (tertiary/aromatic N) is 2. The lowest BCUT2D eigenvalue weighted by Crippen LogP contribution is -2.52. The maximum Gasteiger partial charge on any atom is 0.418 e. The van der Waals surface area contributed by atoms with Gasteiger partial charge in [-0.05, 0) is 23.9 Å². The summed E-state index contributed by atoms with van der Waals surface area (Å²) in [6.45, 7) is 1.33. The van der Waals surface area contributed by atoms with Gasteiger partial charge in [0.05, 0.1) is 6.54 Å². The van der Waals surface area contributed by atoms with Crippen molar-refractivity contribution in [3.63, 3.8) is 0 Å². The third-order valence-corrected chi connectivity index (χ3v) is 5.18. The van der Waals surface area contributed by atoms with Crippen molar-refractivity contribution in [1.29, 1.82) is 0 Å². The lowest BCUT2D eigenvalue weighted by molar-refractivity contribution is -0.149. The quantitative estimate of drug-likeness (QED) is 0.774. The van der Waals surface area contributed by atoms with Gasteiger partial charge in [0.1, 0.15) is 6.04 Å². The second kappa shape index (κ2) is 4.16. The molecule has 0 saturated carbocycles. The summed E-state index contributed by atoms with van der Waals surface area (Å²) in [5.41, 5.74) is -1.11. The summed E-state index contributed by atoms with van der Waals surface area (Å²) in [5.74, 6) is -1.23. The number of aliphatic carboxylic acids is 1. The van der Waals surface area contributed by atoms with Gasteiger partial charge in [-0.15, -0.1) is 15.6 Å². The van der Waals surface area contributed by atoms with E-state index < -0.39 is 34.0 Å². The van der Waals surface area contributed by atoms with Crippen LogP contribution < -0.4 is 0 Å². The SMILES string of the molecule is CC1(C(=O)O)c2sccc2C2CN1C(=O)N2OS(=O)(=O)O. The van der Waals surface area contributed by atoms with Crippen LogP contribution in [0.1, 0.15) is 23.4 Å². The topological polar surface area (TPSA) is 124 Å². The van der Waals surface area contributed by atoms with E-state index in [2.05, 4.69) is 4.28 Å². The molecular formula is C10H10N2O7S2. The molecule has 0 aromatic carbocycles. The summed E-state index contributed by atoms with van der Waals surface area (Å²) in [6.07, 6.45) is 0. The number of carboxylic acid groups (broad SMARTS) is 1. The minimum Gasteiger partial charge on any atom is -0.479 e. The number of carbonyl (C=O) groups excluding carboxylic acids is 1. The summed E-state index contributed by atoms with van der Waals surface area (Å²) < 4.78 is 34.8. The van der Waals surface area contributed by atoms with E-state index in [0.717, 1.165) is 16.2 Å².